The number of amides is 1. The third-order valence-corrected chi connectivity index (χ3v) is 11.2. The maximum atomic E-state index is 13.3. The molecule has 0 saturated heterocycles. The normalized spacial score (nSPS) is 13.8. The van der Waals surface area contributed by atoms with Gasteiger partial charge in [-0.25, -0.2) is 4.98 Å². The molecule has 0 bridgehead atoms. The zero-order valence-corrected chi connectivity index (χ0v) is 22.8. The van der Waals surface area contributed by atoms with Crippen molar-refractivity contribution >= 4 is 44.9 Å². The lowest BCUT2D eigenvalue weighted by Crippen LogP contribution is -2.30. The van der Waals surface area contributed by atoms with Crippen LogP contribution in [0.2, 0.25) is 0 Å². The Morgan fingerprint density at radius 3 is 2.56 bits per heavy atom. The van der Waals surface area contributed by atoms with Crippen molar-refractivity contribution in [3.05, 3.63) is 24.4 Å². The summed E-state index contributed by atoms with van der Waals surface area (Å²) >= 11 is 0. The van der Waals surface area contributed by atoms with Gasteiger partial charge in [0.2, 0.25) is 5.91 Å². The van der Waals surface area contributed by atoms with Crippen LogP contribution in [0.5, 0.6) is 0 Å². The van der Waals surface area contributed by atoms with Crippen LogP contribution in [-0.2, 0) is 23.7 Å². The van der Waals surface area contributed by atoms with Crippen molar-refractivity contribution in [1.29, 1.82) is 0 Å². The maximum Gasteiger partial charge on any atom is 0.264 e. The van der Waals surface area contributed by atoms with Gasteiger partial charge in [-0.1, -0.05) is 23.8 Å². The summed E-state index contributed by atoms with van der Waals surface area (Å²) in [5, 5.41) is 0.966. The molecule has 1 atom stereocenters. The summed E-state index contributed by atoms with van der Waals surface area (Å²) in [6, 6.07) is 5.80. The van der Waals surface area contributed by atoms with Gasteiger partial charge >= 0.3 is 0 Å². The van der Waals surface area contributed by atoms with Crippen molar-refractivity contribution in [2.45, 2.75) is 37.6 Å². The molecule has 0 saturated carbocycles. The van der Waals surface area contributed by atoms with Crippen molar-refractivity contribution in [1.82, 2.24) is 14.6 Å². The average molecular weight is 526 g/mol. The Labute approximate surface area is 201 Å². The Hall–Kier alpha value is -0.580. The van der Waals surface area contributed by atoms with Crippen molar-refractivity contribution in [3.8, 4) is 0 Å². The minimum Gasteiger partial charge on any atom is -0.346 e. The monoisotopic (exact) mass is 525 g/mol. The summed E-state index contributed by atoms with van der Waals surface area (Å²) in [6.07, 6.45) is 6.22. The predicted molar refractivity (Wildman–Crippen MR) is 135 cm³/mol. The lowest BCUT2D eigenvalue weighted by atomic mass is 10.3. The number of hydrogen-bond acceptors (Lipinski definition) is 8. The summed E-state index contributed by atoms with van der Waals surface area (Å²) in [5.41, 5.74) is 0. The van der Waals surface area contributed by atoms with E-state index in [-0.39, 0.29) is 18.7 Å². The molecule has 1 amide bonds. The number of carbonyl (C=O) groups is 1. The SMILES string of the molecule is CCCP(=O)(CCOS(C)(=O)=O)N(C)CCCN(C)C(=O)CCCSSc1ccccn1. The minimum atomic E-state index is -3.54. The second kappa shape index (κ2) is 15.3. The van der Waals surface area contributed by atoms with E-state index < -0.39 is 17.4 Å². The highest BCUT2D eigenvalue weighted by Crippen LogP contribution is 2.48. The average Bonchev–Trinajstić information content (AvgIpc) is 2.73. The first-order valence-corrected chi connectivity index (χ1v) is 16.8. The second-order valence-corrected chi connectivity index (χ2v) is 14.9. The predicted octanol–water partition coefficient (Wildman–Crippen LogP) is 4.05. The number of nitrogens with zero attached hydrogens (tertiary/aromatic N) is 3. The van der Waals surface area contributed by atoms with Crippen LogP contribution in [0.25, 0.3) is 0 Å². The molecule has 1 heterocycles. The van der Waals surface area contributed by atoms with Crippen molar-refractivity contribution in [2.75, 3.05) is 58.1 Å². The Bertz CT molecular complexity index is 827. The van der Waals surface area contributed by atoms with Crippen molar-refractivity contribution in [2.24, 2.45) is 0 Å². The molecule has 0 aliphatic carbocycles. The number of pyridine rings is 1. The fourth-order valence-electron chi connectivity index (χ4n) is 2.95. The highest BCUT2D eigenvalue weighted by atomic mass is 33.1. The molecule has 184 valence electrons. The molecule has 0 aromatic carbocycles. The molecule has 0 aliphatic heterocycles. The lowest BCUT2D eigenvalue weighted by Gasteiger charge is -2.29. The van der Waals surface area contributed by atoms with Gasteiger partial charge in [0, 0.05) is 50.8 Å². The van der Waals surface area contributed by atoms with Crippen LogP contribution < -0.4 is 0 Å². The smallest absolute Gasteiger partial charge is 0.264 e. The summed E-state index contributed by atoms with van der Waals surface area (Å²) in [7, 11) is 0.667. The number of aromatic nitrogens is 1. The molecule has 32 heavy (non-hydrogen) atoms. The summed E-state index contributed by atoms with van der Waals surface area (Å²) < 4.78 is 42.2. The van der Waals surface area contributed by atoms with Crippen LogP contribution in [0.3, 0.4) is 0 Å². The Kier molecular flexibility index (Phi) is 14.1. The largest absolute Gasteiger partial charge is 0.346 e. The summed E-state index contributed by atoms with van der Waals surface area (Å²) in [4.78, 5) is 18.3. The van der Waals surface area contributed by atoms with Gasteiger partial charge in [0.05, 0.1) is 12.9 Å². The molecule has 0 spiro atoms. The molecule has 1 aromatic heterocycles. The lowest BCUT2D eigenvalue weighted by molar-refractivity contribution is -0.129. The zero-order chi connectivity index (χ0) is 24.0. The Morgan fingerprint density at radius 2 is 1.94 bits per heavy atom. The molecule has 0 fully saturated rings. The molecule has 1 unspecified atom stereocenters. The number of carbonyl (C=O) groups excluding carboxylic acids is 1. The Morgan fingerprint density at radius 1 is 1.19 bits per heavy atom. The quantitative estimate of drug-likeness (QED) is 0.129. The van der Waals surface area contributed by atoms with Crippen LogP contribution in [-0.4, -0.2) is 87.0 Å². The third kappa shape index (κ3) is 12.6. The fourth-order valence-corrected chi connectivity index (χ4v) is 7.91. The zero-order valence-electron chi connectivity index (χ0n) is 19.4. The minimum absolute atomic E-state index is 0.0739. The highest BCUT2D eigenvalue weighted by molar-refractivity contribution is 8.76. The maximum absolute atomic E-state index is 13.3. The molecule has 1 rings (SSSR count). The molecule has 0 N–H and O–H groups in total. The number of hydrogen-bond donors (Lipinski definition) is 0. The van der Waals surface area contributed by atoms with Gasteiger partial charge in [-0.15, -0.1) is 0 Å². The van der Waals surface area contributed by atoms with E-state index in [1.165, 1.54) is 0 Å². The fraction of sp³-hybridized carbons (Fsp3) is 0.700. The second-order valence-electron chi connectivity index (χ2n) is 7.55. The molecule has 0 aliphatic rings. The van der Waals surface area contributed by atoms with E-state index in [1.54, 1.807) is 46.8 Å². The standard InChI is InChI=1S/C20H36N3O5PS3/c1-5-16-29(25,17-15-28-32(4,26)27)23(3)14-9-13-22(2)20(24)11-8-18-30-31-19-10-6-7-12-21-19/h6-7,10,12H,5,8-9,11,13-18H2,1-4H3. The first-order chi connectivity index (χ1) is 15.1. The molecule has 0 radical (unpaired) electrons. The van der Waals surface area contributed by atoms with Gasteiger partial charge in [0.1, 0.15) is 5.03 Å². The molecule has 1 aromatic rings. The molecular weight excluding hydrogens is 489 g/mol. The summed E-state index contributed by atoms with van der Waals surface area (Å²) in [6.45, 7) is 3.04. The van der Waals surface area contributed by atoms with E-state index in [0.29, 0.717) is 32.1 Å². The van der Waals surface area contributed by atoms with Gasteiger partial charge in [-0.2, -0.15) is 8.42 Å². The van der Waals surface area contributed by atoms with Gasteiger partial charge < -0.3 is 9.46 Å². The topological polar surface area (TPSA) is 96.9 Å². The van der Waals surface area contributed by atoms with Crippen LogP contribution in [0.4, 0.5) is 0 Å². The van der Waals surface area contributed by atoms with E-state index in [9.17, 15) is 17.8 Å². The van der Waals surface area contributed by atoms with Crippen LogP contribution in [0.1, 0.15) is 32.6 Å². The highest BCUT2D eigenvalue weighted by Gasteiger charge is 2.27. The number of rotatable bonds is 17. The molecule has 12 heteroatoms. The van der Waals surface area contributed by atoms with E-state index in [4.69, 9.17) is 4.18 Å². The van der Waals surface area contributed by atoms with Gasteiger partial charge in [0.25, 0.3) is 10.1 Å². The van der Waals surface area contributed by atoms with Crippen LogP contribution >= 0.6 is 28.9 Å². The van der Waals surface area contributed by atoms with Crippen molar-refractivity contribution in [3.63, 3.8) is 0 Å². The van der Waals surface area contributed by atoms with E-state index in [0.717, 1.165) is 29.9 Å². The molecule has 8 nitrogen and oxygen atoms in total. The van der Waals surface area contributed by atoms with Crippen LogP contribution in [0.15, 0.2) is 29.4 Å². The van der Waals surface area contributed by atoms with E-state index in [2.05, 4.69) is 4.98 Å². The van der Waals surface area contributed by atoms with Gasteiger partial charge in [-0.05, 0) is 49.2 Å². The van der Waals surface area contributed by atoms with E-state index >= 15 is 0 Å². The van der Waals surface area contributed by atoms with E-state index in [1.807, 2.05) is 29.8 Å². The van der Waals surface area contributed by atoms with Gasteiger partial charge in [-0.3, -0.25) is 13.6 Å². The van der Waals surface area contributed by atoms with Gasteiger partial charge in [0.15, 0.2) is 7.29 Å². The van der Waals surface area contributed by atoms with Crippen molar-refractivity contribution < 1.29 is 22.0 Å². The first kappa shape index (κ1) is 29.5. The molecular formula is C20H36N3O5PS3. The van der Waals surface area contributed by atoms with Crippen LogP contribution in [0, 0.1) is 0 Å². The Balaban J connectivity index is 2.29. The first-order valence-electron chi connectivity index (χ1n) is 10.7. The summed E-state index contributed by atoms with van der Waals surface area (Å²) in [5.74, 6) is 0.980. The third-order valence-electron chi connectivity index (χ3n) is 4.73.